The van der Waals surface area contributed by atoms with E-state index in [1.54, 1.807) is 6.07 Å². The van der Waals surface area contributed by atoms with Crippen LogP contribution in [0.4, 0.5) is 32.0 Å². The highest BCUT2D eigenvalue weighted by Crippen LogP contribution is 2.37. The summed E-state index contributed by atoms with van der Waals surface area (Å²) in [6.45, 7) is 0. The number of nitrogens with one attached hydrogen (secondary N) is 1. The summed E-state index contributed by atoms with van der Waals surface area (Å²) in [6.07, 6.45) is -9.95. The Morgan fingerprint density at radius 1 is 0.875 bits per heavy atom. The third-order valence-corrected chi connectivity index (χ3v) is 3.43. The average molecular weight is 412 g/mol. The van der Waals surface area contributed by atoms with E-state index in [1.807, 2.05) is 0 Å². The molecule has 2 aromatic rings. The van der Waals surface area contributed by atoms with Gasteiger partial charge >= 0.3 is 12.4 Å². The third-order valence-electron chi connectivity index (χ3n) is 2.93. The van der Waals surface area contributed by atoms with Crippen LogP contribution in [0, 0.1) is 0 Å². The number of rotatable bonds is 2. The van der Waals surface area contributed by atoms with Gasteiger partial charge in [0.2, 0.25) is 0 Å². The summed E-state index contributed by atoms with van der Waals surface area (Å²) >= 11 is 3.11. The van der Waals surface area contributed by atoms with Gasteiger partial charge in [0, 0.05) is 15.7 Å². The Bertz CT molecular complexity index is 737. The summed E-state index contributed by atoms with van der Waals surface area (Å²) < 4.78 is 77.1. The number of hydrogen-bond donors (Lipinski definition) is 1. The number of alkyl halides is 6. The molecule has 0 aromatic heterocycles. The molecule has 0 atom stereocenters. The number of amides is 1. The van der Waals surface area contributed by atoms with Gasteiger partial charge in [-0.1, -0.05) is 22.0 Å². The molecular weight excluding hydrogens is 404 g/mol. The number of anilines is 1. The van der Waals surface area contributed by atoms with Gasteiger partial charge in [-0.15, -0.1) is 0 Å². The fraction of sp³-hybridized carbons (Fsp3) is 0.133. The first kappa shape index (κ1) is 18.3. The molecule has 0 radical (unpaired) electrons. The molecule has 2 nitrogen and oxygen atoms in total. The number of benzene rings is 2. The maximum absolute atomic E-state index is 12.8. The zero-order valence-electron chi connectivity index (χ0n) is 11.6. The Morgan fingerprint density at radius 2 is 1.42 bits per heavy atom. The van der Waals surface area contributed by atoms with Gasteiger partial charge in [-0.05, 0) is 36.4 Å². The summed E-state index contributed by atoms with van der Waals surface area (Å²) in [4.78, 5) is 12.0. The molecule has 0 fully saturated rings. The van der Waals surface area contributed by atoms with Crippen molar-refractivity contribution in [2.75, 3.05) is 5.32 Å². The maximum Gasteiger partial charge on any atom is 0.416 e. The molecule has 24 heavy (non-hydrogen) atoms. The predicted octanol–water partition coefficient (Wildman–Crippen LogP) is 5.74. The SMILES string of the molecule is O=C(Nc1cc(C(F)(F)F)cc(C(F)(F)F)c1)c1cccc(Br)c1. The summed E-state index contributed by atoms with van der Waals surface area (Å²) in [6, 6.07) is 6.77. The third kappa shape index (κ3) is 4.50. The Labute approximate surface area is 140 Å². The van der Waals surface area contributed by atoms with Gasteiger partial charge in [-0.2, -0.15) is 26.3 Å². The molecule has 2 aromatic carbocycles. The van der Waals surface area contributed by atoms with E-state index >= 15 is 0 Å². The van der Waals surface area contributed by atoms with Gasteiger partial charge < -0.3 is 5.32 Å². The molecule has 9 heteroatoms. The molecule has 0 bridgehead atoms. The fourth-order valence-corrected chi connectivity index (χ4v) is 2.26. The van der Waals surface area contributed by atoms with Crippen molar-refractivity contribution in [2.45, 2.75) is 12.4 Å². The highest BCUT2D eigenvalue weighted by Gasteiger charge is 2.37. The van der Waals surface area contributed by atoms with Gasteiger partial charge in [0.25, 0.3) is 5.91 Å². The molecule has 0 saturated heterocycles. The minimum absolute atomic E-state index is 0.00520. The Balaban J connectivity index is 2.40. The normalized spacial score (nSPS) is 12.1. The number of carbonyl (C=O) groups excluding carboxylic acids is 1. The lowest BCUT2D eigenvalue weighted by molar-refractivity contribution is -0.143. The van der Waals surface area contributed by atoms with E-state index in [0.29, 0.717) is 16.6 Å². The molecule has 0 saturated carbocycles. The van der Waals surface area contributed by atoms with E-state index in [-0.39, 0.29) is 11.6 Å². The monoisotopic (exact) mass is 411 g/mol. The summed E-state index contributed by atoms with van der Waals surface area (Å²) in [7, 11) is 0. The van der Waals surface area contributed by atoms with Crippen LogP contribution in [-0.2, 0) is 12.4 Å². The molecule has 0 aliphatic heterocycles. The second-order valence-electron chi connectivity index (χ2n) is 4.76. The van der Waals surface area contributed by atoms with Gasteiger partial charge in [-0.3, -0.25) is 4.79 Å². The lowest BCUT2D eigenvalue weighted by atomic mass is 10.1. The van der Waals surface area contributed by atoms with Crippen LogP contribution in [0.25, 0.3) is 0 Å². The first-order valence-corrected chi connectivity index (χ1v) is 7.12. The van der Waals surface area contributed by atoms with Crippen molar-refractivity contribution in [2.24, 2.45) is 0 Å². The Kier molecular flexibility index (Phi) is 4.93. The van der Waals surface area contributed by atoms with Crippen LogP contribution in [0.15, 0.2) is 46.9 Å². The number of halogens is 7. The van der Waals surface area contributed by atoms with Crippen LogP contribution in [0.3, 0.4) is 0 Å². The first-order chi connectivity index (χ1) is 11.0. The standard InChI is InChI=1S/C15H8BrF6NO/c16-11-3-1-2-8(4-11)13(24)23-12-6-9(14(17,18)19)5-10(7-12)15(20,21)22/h1-7H,(H,23,24). The van der Waals surface area contributed by atoms with Crippen molar-refractivity contribution < 1.29 is 31.1 Å². The molecule has 128 valence electrons. The quantitative estimate of drug-likeness (QED) is 0.627. The van der Waals surface area contributed by atoms with Crippen molar-refractivity contribution in [3.05, 3.63) is 63.6 Å². The van der Waals surface area contributed by atoms with Gasteiger partial charge in [-0.25, -0.2) is 0 Å². The highest BCUT2D eigenvalue weighted by atomic mass is 79.9. The molecule has 2 rings (SSSR count). The molecule has 1 N–H and O–H groups in total. The van der Waals surface area contributed by atoms with E-state index in [4.69, 9.17) is 0 Å². The minimum Gasteiger partial charge on any atom is -0.322 e. The lowest BCUT2D eigenvalue weighted by Crippen LogP contribution is -2.15. The van der Waals surface area contributed by atoms with Gasteiger partial charge in [0.1, 0.15) is 0 Å². The van der Waals surface area contributed by atoms with Crippen molar-refractivity contribution in [3.63, 3.8) is 0 Å². The van der Waals surface area contributed by atoms with E-state index < -0.39 is 35.1 Å². The molecule has 1 amide bonds. The van der Waals surface area contributed by atoms with Crippen molar-refractivity contribution in [1.82, 2.24) is 0 Å². The fourth-order valence-electron chi connectivity index (χ4n) is 1.86. The van der Waals surface area contributed by atoms with E-state index in [9.17, 15) is 31.1 Å². The van der Waals surface area contributed by atoms with Crippen LogP contribution in [0.2, 0.25) is 0 Å². The van der Waals surface area contributed by atoms with E-state index in [1.165, 1.54) is 18.2 Å². The zero-order chi connectivity index (χ0) is 18.1. The average Bonchev–Trinajstić information content (AvgIpc) is 2.45. The minimum atomic E-state index is -4.98. The Hall–Kier alpha value is -2.03. The van der Waals surface area contributed by atoms with Crippen LogP contribution in [0.1, 0.15) is 21.5 Å². The second-order valence-corrected chi connectivity index (χ2v) is 5.67. The largest absolute Gasteiger partial charge is 0.416 e. The smallest absolute Gasteiger partial charge is 0.322 e. The van der Waals surface area contributed by atoms with Crippen LogP contribution in [0.5, 0.6) is 0 Å². The van der Waals surface area contributed by atoms with E-state index in [2.05, 4.69) is 21.2 Å². The Morgan fingerprint density at radius 3 is 1.88 bits per heavy atom. The summed E-state index contributed by atoms with van der Waals surface area (Å²) in [5.74, 6) is -0.830. The molecule has 0 aliphatic rings. The van der Waals surface area contributed by atoms with Crippen molar-refractivity contribution in [3.8, 4) is 0 Å². The molecule has 0 spiro atoms. The van der Waals surface area contributed by atoms with Crippen molar-refractivity contribution >= 4 is 27.5 Å². The van der Waals surface area contributed by atoms with Gasteiger partial charge in [0.05, 0.1) is 11.1 Å². The second kappa shape index (κ2) is 6.46. The van der Waals surface area contributed by atoms with Gasteiger partial charge in [0.15, 0.2) is 0 Å². The zero-order valence-corrected chi connectivity index (χ0v) is 13.2. The summed E-state index contributed by atoms with van der Waals surface area (Å²) in [5.41, 5.74) is -3.51. The van der Waals surface area contributed by atoms with Crippen LogP contribution >= 0.6 is 15.9 Å². The topological polar surface area (TPSA) is 29.1 Å². The lowest BCUT2D eigenvalue weighted by Gasteiger charge is -2.14. The predicted molar refractivity (Wildman–Crippen MR) is 78.5 cm³/mol. The maximum atomic E-state index is 12.8. The summed E-state index contributed by atoms with van der Waals surface area (Å²) in [5, 5.41) is 2.05. The first-order valence-electron chi connectivity index (χ1n) is 6.33. The van der Waals surface area contributed by atoms with Crippen molar-refractivity contribution in [1.29, 1.82) is 0 Å². The molecule has 0 unspecified atom stereocenters. The van der Waals surface area contributed by atoms with Crippen LogP contribution < -0.4 is 5.32 Å². The molecule has 0 aliphatic carbocycles. The molecule has 0 heterocycles. The number of carbonyl (C=O) groups is 1. The number of hydrogen-bond acceptors (Lipinski definition) is 1. The van der Waals surface area contributed by atoms with Crippen LogP contribution in [-0.4, -0.2) is 5.91 Å². The van der Waals surface area contributed by atoms with E-state index in [0.717, 1.165) is 0 Å². The molecular formula is C15H8BrF6NO. The highest BCUT2D eigenvalue weighted by molar-refractivity contribution is 9.10.